The lowest BCUT2D eigenvalue weighted by molar-refractivity contribution is -0.134. The number of nitrogens with one attached hydrogen (secondary N) is 1. The fraction of sp³-hybridized carbons (Fsp3) is 0.320. The van der Waals surface area contributed by atoms with Crippen LogP contribution in [0, 0.1) is 5.92 Å². The van der Waals surface area contributed by atoms with Crippen molar-refractivity contribution in [2.75, 3.05) is 32.0 Å². The molecule has 2 aromatic heterocycles. The second kappa shape index (κ2) is 8.97. The fourth-order valence-electron chi connectivity index (χ4n) is 4.50. The maximum Gasteiger partial charge on any atom is 0.228 e. The van der Waals surface area contributed by atoms with E-state index >= 15 is 0 Å². The van der Waals surface area contributed by atoms with Gasteiger partial charge in [0, 0.05) is 68.7 Å². The van der Waals surface area contributed by atoms with E-state index in [1.54, 1.807) is 24.3 Å². The number of carbonyl (C=O) groups is 2. The molecule has 3 aromatic rings. The van der Waals surface area contributed by atoms with Crippen molar-refractivity contribution in [2.24, 2.45) is 5.92 Å². The first-order valence-electron chi connectivity index (χ1n) is 11.2. The molecule has 0 saturated carbocycles. The summed E-state index contributed by atoms with van der Waals surface area (Å²) in [6, 6.07) is 15.7. The number of para-hydroxylation sites is 1. The smallest absolute Gasteiger partial charge is 0.228 e. The van der Waals surface area contributed by atoms with Crippen LogP contribution in [-0.4, -0.2) is 63.2 Å². The van der Waals surface area contributed by atoms with Crippen LogP contribution >= 0.6 is 0 Å². The Bertz CT molecular complexity index is 1150. The van der Waals surface area contributed by atoms with Gasteiger partial charge in [0.05, 0.1) is 11.6 Å². The van der Waals surface area contributed by atoms with Crippen LogP contribution < -0.4 is 5.32 Å². The zero-order valence-corrected chi connectivity index (χ0v) is 18.5. The largest absolute Gasteiger partial charge is 0.345 e. The average molecular weight is 443 g/mol. The predicted molar refractivity (Wildman–Crippen MR) is 125 cm³/mol. The monoisotopic (exact) mass is 442 g/mol. The number of pyridine rings is 1. The lowest BCUT2D eigenvalue weighted by Gasteiger charge is -2.20. The van der Waals surface area contributed by atoms with Gasteiger partial charge in [0.25, 0.3) is 0 Å². The summed E-state index contributed by atoms with van der Waals surface area (Å²) < 4.78 is 0. The van der Waals surface area contributed by atoms with Crippen molar-refractivity contribution in [3.05, 3.63) is 66.7 Å². The van der Waals surface area contributed by atoms with E-state index in [0.29, 0.717) is 37.7 Å². The highest BCUT2D eigenvalue weighted by Crippen LogP contribution is 2.31. The number of likely N-dealkylation sites (tertiary alicyclic amines) is 2. The minimum Gasteiger partial charge on any atom is -0.345 e. The van der Waals surface area contributed by atoms with Crippen LogP contribution in [0.3, 0.4) is 0 Å². The molecule has 0 aliphatic carbocycles. The topological polar surface area (TPSA) is 91.3 Å². The summed E-state index contributed by atoms with van der Waals surface area (Å²) in [4.78, 5) is 42.3. The third kappa shape index (κ3) is 4.55. The van der Waals surface area contributed by atoms with Crippen molar-refractivity contribution >= 4 is 23.3 Å². The highest BCUT2D eigenvalue weighted by molar-refractivity contribution is 5.89. The van der Waals surface area contributed by atoms with E-state index in [-0.39, 0.29) is 23.7 Å². The molecule has 33 heavy (non-hydrogen) atoms. The molecule has 8 heteroatoms. The maximum absolute atomic E-state index is 13.0. The molecule has 2 aliphatic rings. The Morgan fingerprint density at radius 2 is 1.94 bits per heavy atom. The molecule has 2 aliphatic heterocycles. The molecule has 8 nitrogen and oxygen atoms in total. The van der Waals surface area contributed by atoms with E-state index in [4.69, 9.17) is 9.97 Å². The van der Waals surface area contributed by atoms with Gasteiger partial charge in [0.1, 0.15) is 11.6 Å². The van der Waals surface area contributed by atoms with Gasteiger partial charge in [-0.1, -0.05) is 18.2 Å². The van der Waals surface area contributed by atoms with Crippen molar-refractivity contribution < 1.29 is 9.59 Å². The number of hydrogen-bond acceptors (Lipinski definition) is 6. The van der Waals surface area contributed by atoms with Crippen LogP contribution in [0.15, 0.2) is 60.9 Å². The third-order valence-corrected chi connectivity index (χ3v) is 6.30. The molecule has 1 aromatic carbocycles. The van der Waals surface area contributed by atoms with E-state index in [0.717, 1.165) is 23.4 Å². The Labute approximate surface area is 192 Å². The Morgan fingerprint density at radius 3 is 2.67 bits per heavy atom. The SMILES string of the molecule is CN1C[C@H](C(=O)N2CC[C@@H](c3nc(Nc4ccccc4)cc(-c4cccnc4)n3)C2)CC1=O. The molecule has 2 saturated heterocycles. The van der Waals surface area contributed by atoms with E-state index < -0.39 is 0 Å². The first-order chi connectivity index (χ1) is 16.1. The summed E-state index contributed by atoms with van der Waals surface area (Å²) in [5, 5.41) is 3.37. The van der Waals surface area contributed by atoms with Crippen LogP contribution in [0.1, 0.15) is 24.6 Å². The fourth-order valence-corrected chi connectivity index (χ4v) is 4.50. The van der Waals surface area contributed by atoms with Gasteiger partial charge in [-0.05, 0) is 30.7 Å². The average Bonchev–Trinajstić information content (AvgIpc) is 3.47. The molecule has 0 spiro atoms. The second-order valence-electron chi connectivity index (χ2n) is 8.67. The number of aromatic nitrogens is 3. The molecule has 0 radical (unpaired) electrons. The van der Waals surface area contributed by atoms with Crippen LogP contribution in [0.5, 0.6) is 0 Å². The van der Waals surface area contributed by atoms with Crippen molar-refractivity contribution in [3.8, 4) is 11.3 Å². The molecule has 0 unspecified atom stereocenters. The molecule has 0 bridgehead atoms. The number of hydrogen-bond donors (Lipinski definition) is 1. The summed E-state index contributed by atoms with van der Waals surface area (Å²) in [5.41, 5.74) is 2.65. The molecule has 2 fully saturated rings. The summed E-state index contributed by atoms with van der Waals surface area (Å²) in [6.07, 6.45) is 4.62. The number of benzene rings is 1. The number of nitrogens with zero attached hydrogens (tertiary/aromatic N) is 5. The number of anilines is 2. The Hall–Kier alpha value is -3.81. The first-order valence-corrected chi connectivity index (χ1v) is 11.2. The minimum absolute atomic E-state index is 0.0354. The van der Waals surface area contributed by atoms with Crippen LogP contribution in [0.25, 0.3) is 11.3 Å². The first kappa shape index (κ1) is 21.1. The molecule has 2 atom stereocenters. The van der Waals surface area contributed by atoms with Gasteiger partial charge < -0.3 is 15.1 Å². The molecule has 168 valence electrons. The molecule has 1 N–H and O–H groups in total. The standard InChI is InChI=1S/C25H26N6O2/c1-30-15-19(12-23(30)32)25(33)31-11-9-18(16-31)24-28-21(17-6-5-10-26-14-17)13-22(29-24)27-20-7-3-2-4-8-20/h2-8,10,13-14,18-19H,9,11-12,15-16H2,1H3,(H,27,28,29)/t18-,19-/m1/s1. The second-order valence-corrected chi connectivity index (χ2v) is 8.67. The van der Waals surface area contributed by atoms with Gasteiger partial charge in [-0.15, -0.1) is 0 Å². The molecule has 5 rings (SSSR count). The maximum atomic E-state index is 13.0. The number of rotatable bonds is 5. The Kier molecular flexibility index (Phi) is 5.73. The number of carbonyl (C=O) groups excluding carboxylic acids is 2. The van der Waals surface area contributed by atoms with Crippen molar-refractivity contribution in [1.29, 1.82) is 0 Å². The van der Waals surface area contributed by atoms with E-state index in [9.17, 15) is 9.59 Å². The summed E-state index contributed by atoms with van der Waals surface area (Å²) in [6.45, 7) is 1.71. The lowest BCUT2D eigenvalue weighted by Crippen LogP contribution is -2.35. The Balaban J connectivity index is 1.39. The summed E-state index contributed by atoms with van der Waals surface area (Å²) >= 11 is 0. The van der Waals surface area contributed by atoms with Crippen molar-refractivity contribution in [2.45, 2.75) is 18.8 Å². The van der Waals surface area contributed by atoms with E-state index in [1.165, 1.54) is 0 Å². The molecular formula is C25H26N6O2. The molecule has 4 heterocycles. The van der Waals surface area contributed by atoms with E-state index in [2.05, 4.69) is 10.3 Å². The quantitative estimate of drug-likeness (QED) is 0.653. The highest BCUT2D eigenvalue weighted by atomic mass is 16.2. The van der Waals surface area contributed by atoms with Crippen LogP contribution in [0.2, 0.25) is 0 Å². The predicted octanol–water partition coefficient (Wildman–Crippen LogP) is 3.08. The zero-order valence-electron chi connectivity index (χ0n) is 18.5. The minimum atomic E-state index is -0.251. The highest BCUT2D eigenvalue weighted by Gasteiger charge is 2.38. The summed E-state index contributed by atoms with van der Waals surface area (Å²) in [7, 11) is 1.75. The van der Waals surface area contributed by atoms with E-state index in [1.807, 2.05) is 53.4 Å². The van der Waals surface area contributed by atoms with Gasteiger partial charge in [-0.25, -0.2) is 9.97 Å². The normalized spacial score (nSPS) is 20.3. The van der Waals surface area contributed by atoms with Crippen LogP contribution in [0.4, 0.5) is 11.5 Å². The third-order valence-electron chi connectivity index (χ3n) is 6.30. The lowest BCUT2D eigenvalue weighted by atomic mass is 10.1. The van der Waals surface area contributed by atoms with Crippen molar-refractivity contribution in [3.63, 3.8) is 0 Å². The molecular weight excluding hydrogens is 416 g/mol. The van der Waals surface area contributed by atoms with Gasteiger partial charge in [-0.3, -0.25) is 14.6 Å². The van der Waals surface area contributed by atoms with Crippen LogP contribution in [-0.2, 0) is 9.59 Å². The summed E-state index contributed by atoms with van der Waals surface area (Å²) in [5.74, 6) is 1.30. The van der Waals surface area contributed by atoms with Gasteiger partial charge in [-0.2, -0.15) is 0 Å². The van der Waals surface area contributed by atoms with Gasteiger partial charge in [0.15, 0.2) is 0 Å². The molecule has 2 amide bonds. The Morgan fingerprint density at radius 1 is 1.09 bits per heavy atom. The zero-order chi connectivity index (χ0) is 22.8. The number of amides is 2. The van der Waals surface area contributed by atoms with Crippen molar-refractivity contribution in [1.82, 2.24) is 24.8 Å². The van der Waals surface area contributed by atoms with Gasteiger partial charge >= 0.3 is 0 Å². The van der Waals surface area contributed by atoms with Gasteiger partial charge in [0.2, 0.25) is 11.8 Å².